The fourth-order valence-corrected chi connectivity index (χ4v) is 1.71. The van der Waals surface area contributed by atoms with Gasteiger partial charge in [-0.1, -0.05) is 12.1 Å². The minimum atomic E-state index is 0.0569. The largest absolute Gasteiger partial charge is 0.315 e. The first-order valence-corrected chi connectivity index (χ1v) is 5.26. The van der Waals surface area contributed by atoms with Gasteiger partial charge in [-0.3, -0.25) is 4.79 Å². The third-order valence-corrected chi connectivity index (χ3v) is 2.70. The van der Waals surface area contributed by atoms with Crippen LogP contribution in [0.5, 0.6) is 0 Å². The molecular weight excluding hydrogens is 182 g/mol. The van der Waals surface area contributed by atoms with E-state index in [9.17, 15) is 4.79 Å². The molecule has 1 aromatic rings. The minimum Gasteiger partial charge on any atom is -0.315 e. The fraction of sp³-hybridized carbons (Fsp3) is 0.300. The molecule has 0 saturated heterocycles. The average Bonchev–Trinajstić information content (AvgIpc) is 2.16. The van der Waals surface area contributed by atoms with Crippen LogP contribution in [0.15, 0.2) is 29.2 Å². The van der Waals surface area contributed by atoms with E-state index in [1.165, 1.54) is 0 Å². The molecule has 0 unspecified atom stereocenters. The highest BCUT2D eigenvalue weighted by Gasteiger charge is 2.08. The summed E-state index contributed by atoms with van der Waals surface area (Å²) in [7, 11) is 1.79. The van der Waals surface area contributed by atoms with Crippen molar-refractivity contribution in [3.05, 3.63) is 24.3 Å². The van der Waals surface area contributed by atoms with Gasteiger partial charge in [-0.25, -0.2) is 0 Å². The summed E-state index contributed by atoms with van der Waals surface area (Å²) in [6.45, 7) is 1.57. The number of benzene rings is 1. The number of hydrogen-bond donors (Lipinski definition) is 0. The molecule has 1 amide bonds. The molecule has 0 saturated carbocycles. The number of carbonyl (C=O) groups excluding carboxylic acids is 1. The van der Waals surface area contributed by atoms with Crippen molar-refractivity contribution in [2.75, 3.05) is 18.2 Å². The lowest BCUT2D eigenvalue weighted by Crippen LogP contribution is -2.23. The highest BCUT2D eigenvalue weighted by atomic mass is 32.2. The summed E-state index contributed by atoms with van der Waals surface area (Å²) in [6, 6.07) is 7.88. The lowest BCUT2D eigenvalue weighted by atomic mass is 10.3. The third-order valence-electron chi connectivity index (χ3n) is 1.92. The van der Waals surface area contributed by atoms with Gasteiger partial charge in [0.2, 0.25) is 5.91 Å². The highest BCUT2D eigenvalue weighted by molar-refractivity contribution is 7.98. The van der Waals surface area contributed by atoms with E-state index in [4.69, 9.17) is 0 Å². The zero-order chi connectivity index (χ0) is 9.84. The molecule has 0 heterocycles. The van der Waals surface area contributed by atoms with Gasteiger partial charge in [0.15, 0.2) is 0 Å². The second-order valence-corrected chi connectivity index (χ2v) is 3.60. The second-order valence-electron chi connectivity index (χ2n) is 2.75. The van der Waals surface area contributed by atoms with E-state index in [2.05, 4.69) is 0 Å². The van der Waals surface area contributed by atoms with Crippen LogP contribution in [0, 0.1) is 0 Å². The van der Waals surface area contributed by atoms with Crippen LogP contribution in [0.25, 0.3) is 0 Å². The van der Waals surface area contributed by atoms with Crippen molar-refractivity contribution in [1.82, 2.24) is 0 Å². The molecule has 1 rings (SSSR count). The van der Waals surface area contributed by atoms with E-state index in [0.29, 0.717) is 0 Å². The second kappa shape index (κ2) is 4.33. The van der Waals surface area contributed by atoms with Crippen LogP contribution in [0.2, 0.25) is 0 Å². The lowest BCUT2D eigenvalue weighted by Gasteiger charge is -2.17. The third kappa shape index (κ3) is 2.25. The van der Waals surface area contributed by atoms with Gasteiger partial charge in [0.25, 0.3) is 0 Å². The van der Waals surface area contributed by atoms with Gasteiger partial charge in [-0.05, 0) is 18.4 Å². The smallest absolute Gasteiger partial charge is 0.223 e. The molecule has 2 nitrogen and oxygen atoms in total. The Morgan fingerprint density at radius 1 is 1.38 bits per heavy atom. The lowest BCUT2D eigenvalue weighted by molar-refractivity contribution is -0.116. The summed E-state index contributed by atoms with van der Waals surface area (Å²) in [5, 5.41) is 0. The minimum absolute atomic E-state index is 0.0569. The molecule has 0 aliphatic rings. The normalized spacial score (nSPS) is 9.77. The summed E-state index contributed by atoms with van der Waals surface area (Å²) in [4.78, 5) is 13.9. The summed E-state index contributed by atoms with van der Waals surface area (Å²) in [5.41, 5.74) is 0.975. The van der Waals surface area contributed by atoms with Crippen LogP contribution >= 0.6 is 11.8 Å². The van der Waals surface area contributed by atoms with Crippen LogP contribution in [0.1, 0.15) is 6.92 Å². The monoisotopic (exact) mass is 195 g/mol. The van der Waals surface area contributed by atoms with E-state index in [0.717, 1.165) is 10.6 Å². The molecule has 1 aromatic carbocycles. The standard InChI is InChI=1S/C10H13NOS/c1-8(12)11(2)9-6-4-5-7-10(9)13-3/h4-7H,1-3H3. The number of para-hydroxylation sites is 1. The molecule has 70 valence electrons. The van der Waals surface area contributed by atoms with Gasteiger partial charge >= 0.3 is 0 Å². The number of nitrogens with zero attached hydrogens (tertiary/aromatic N) is 1. The number of hydrogen-bond acceptors (Lipinski definition) is 2. The van der Waals surface area contributed by atoms with Crippen LogP contribution in [0.4, 0.5) is 5.69 Å². The van der Waals surface area contributed by atoms with Gasteiger partial charge in [0.1, 0.15) is 0 Å². The number of anilines is 1. The van der Waals surface area contributed by atoms with E-state index < -0.39 is 0 Å². The van der Waals surface area contributed by atoms with Crippen molar-refractivity contribution in [3.63, 3.8) is 0 Å². The predicted octanol–water partition coefficient (Wildman–Crippen LogP) is 2.39. The first-order valence-electron chi connectivity index (χ1n) is 4.04. The topological polar surface area (TPSA) is 20.3 Å². The summed E-state index contributed by atoms with van der Waals surface area (Å²) >= 11 is 1.65. The Balaban J connectivity index is 3.05. The molecule has 0 atom stereocenters. The first-order chi connectivity index (χ1) is 6.16. The number of amides is 1. The number of carbonyl (C=O) groups is 1. The van der Waals surface area contributed by atoms with Crippen molar-refractivity contribution in [2.45, 2.75) is 11.8 Å². The van der Waals surface area contributed by atoms with Crippen LogP contribution < -0.4 is 4.90 Å². The Labute approximate surface area is 82.9 Å². The quantitative estimate of drug-likeness (QED) is 0.675. The summed E-state index contributed by atoms with van der Waals surface area (Å²) in [6.07, 6.45) is 2.01. The Bertz CT molecular complexity index is 312. The number of thioether (sulfide) groups is 1. The van der Waals surface area contributed by atoms with Crippen molar-refractivity contribution < 1.29 is 4.79 Å². The van der Waals surface area contributed by atoms with Gasteiger partial charge in [-0.15, -0.1) is 11.8 Å². The van der Waals surface area contributed by atoms with Crippen molar-refractivity contribution in [1.29, 1.82) is 0 Å². The van der Waals surface area contributed by atoms with Crippen molar-refractivity contribution >= 4 is 23.4 Å². The van der Waals surface area contributed by atoms with Crippen molar-refractivity contribution in [2.24, 2.45) is 0 Å². The van der Waals surface area contributed by atoms with Gasteiger partial charge < -0.3 is 4.90 Å². The van der Waals surface area contributed by atoms with Crippen LogP contribution in [-0.2, 0) is 4.79 Å². The molecular formula is C10H13NOS. The molecule has 3 heteroatoms. The molecule has 13 heavy (non-hydrogen) atoms. The molecule has 0 radical (unpaired) electrons. The molecule has 0 aliphatic carbocycles. The van der Waals surface area contributed by atoms with Gasteiger partial charge in [0, 0.05) is 18.9 Å². The average molecular weight is 195 g/mol. The fourth-order valence-electron chi connectivity index (χ4n) is 1.08. The molecule has 0 bridgehead atoms. The van der Waals surface area contributed by atoms with Gasteiger partial charge in [-0.2, -0.15) is 0 Å². The Morgan fingerprint density at radius 2 is 2.00 bits per heavy atom. The van der Waals surface area contributed by atoms with Crippen molar-refractivity contribution in [3.8, 4) is 0 Å². The Kier molecular flexibility index (Phi) is 3.37. The maximum atomic E-state index is 11.1. The van der Waals surface area contributed by atoms with E-state index in [-0.39, 0.29) is 5.91 Å². The molecule has 0 spiro atoms. The van der Waals surface area contributed by atoms with E-state index in [1.54, 1.807) is 30.6 Å². The SMILES string of the molecule is CSc1ccccc1N(C)C(C)=O. The summed E-state index contributed by atoms with van der Waals surface area (Å²) < 4.78 is 0. The molecule has 0 aromatic heterocycles. The maximum Gasteiger partial charge on any atom is 0.223 e. The predicted molar refractivity (Wildman–Crippen MR) is 57.3 cm³/mol. The Morgan fingerprint density at radius 3 is 2.54 bits per heavy atom. The Hall–Kier alpha value is -0.960. The van der Waals surface area contributed by atoms with Crippen LogP contribution in [0.3, 0.4) is 0 Å². The molecule has 0 fully saturated rings. The highest BCUT2D eigenvalue weighted by Crippen LogP contribution is 2.27. The summed E-state index contributed by atoms with van der Waals surface area (Å²) in [5.74, 6) is 0.0569. The zero-order valence-electron chi connectivity index (χ0n) is 8.07. The maximum absolute atomic E-state index is 11.1. The molecule has 0 N–H and O–H groups in total. The first kappa shape index (κ1) is 10.1. The van der Waals surface area contributed by atoms with E-state index in [1.807, 2.05) is 30.5 Å². The van der Waals surface area contributed by atoms with Gasteiger partial charge in [0.05, 0.1) is 5.69 Å². The molecule has 0 aliphatic heterocycles. The van der Waals surface area contributed by atoms with Crippen LogP contribution in [-0.4, -0.2) is 19.2 Å². The number of rotatable bonds is 2. The zero-order valence-corrected chi connectivity index (χ0v) is 8.89. The van der Waals surface area contributed by atoms with E-state index >= 15 is 0 Å².